The van der Waals surface area contributed by atoms with Crippen LogP contribution in [0.4, 0.5) is 5.82 Å². The van der Waals surface area contributed by atoms with Crippen molar-refractivity contribution in [2.75, 3.05) is 31.1 Å². The molecule has 1 aromatic carbocycles. The zero-order chi connectivity index (χ0) is 20.6. The van der Waals surface area contributed by atoms with E-state index in [1.54, 1.807) is 18.3 Å². The van der Waals surface area contributed by atoms with Gasteiger partial charge in [-0.3, -0.25) is 4.90 Å². The van der Waals surface area contributed by atoms with Crippen LogP contribution in [0, 0.1) is 0 Å². The van der Waals surface area contributed by atoms with Gasteiger partial charge in [0.25, 0.3) is 0 Å². The molecule has 0 spiro atoms. The first kappa shape index (κ1) is 21.1. The highest BCUT2D eigenvalue weighted by Crippen LogP contribution is 2.26. The maximum absolute atomic E-state index is 11.5. The standard InChI is InChI=1S/C23H31N3O3/c1-3-5-14-29-20-9-6-8-18(15-20)16-25(4-2)19-11-13-26(17-19)22-21(23(27)28)10-7-12-24-22/h6-10,12,15,19H,3-5,11,13-14,16-17H2,1-2H3,(H,27,28)/t19-/m1/s1. The van der Waals surface area contributed by atoms with Crippen LogP contribution in [0.25, 0.3) is 0 Å². The molecule has 1 fully saturated rings. The second-order valence-corrected chi connectivity index (χ2v) is 7.48. The van der Waals surface area contributed by atoms with Crippen molar-refractivity contribution in [1.29, 1.82) is 0 Å². The van der Waals surface area contributed by atoms with Crippen LogP contribution >= 0.6 is 0 Å². The van der Waals surface area contributed by atoms with E-state index < -0.39 is 5.97 Å². The Balaban J connectivity index is 1.65. The predicted molar refractivity (Wildman–Crippen MR) is 115 cm³/mol. The minimum absolute atomic E-state index is 0.271. The molecule has 2 aromatic rings. The molecule has 0 radical (unpaired) electrons. The average molecular weight is 398 g/mol. The summed E-state index contributed by atoms with van der Waals surface area (Å²) in [7, 11) is 0. The molecule has 156 valence electrons. The van der Waals surface area contributed by atoms with Crippen LogP contribution in [0.5, 0.6) is 5.75 Å². The number of ether oxygens (including phenoxy) is 1. The maximum Gasteiger partial charge on any atom is 0.339 e. The number of likely N-dealkylation sites (N-methyl/N-ethyl adjacent to an activating group) is 1. The van der Waals surface area contributed by atoms with E-state index >= 15 is 0 Å². The first-order valence-electron chi connectivity index (χ1n) is 10.5. The molecule has 1 atom stereocenters. The fraction of sp³-hybridized carbons (Fsp3) is 0.478. The number of unbranched alkanes of at least 4 members (excludes halogenated alkanes) is 1. The predicted octanol–water partition coefficient (Wildman–Crippen LogP) is 4.06. The third kappa shape index (κ3) is 5.48. The summed E-state index contributed by atoms with van der Waals surface area (Å²) in [5.41, 5.74) is 1.51. The molecule has 3 rings (SSSR count). The summed E-state index contributed by atoms with van der Waals surface area (Å²) in [6.45, 7) is 8.49. The Labute approximate surface area is 173 Å². The molecule has 1 saturated heterocycles. The Kier molecular flexibility index (Phi) is 7.47. The number of aromatic nitrogens is 1. The summed E-state index contributed by atoms with van der Waals surface area (Å²) in [6, 6.07) is 12.0. The van der Waals surface area contributed by atoms with Crippen LogP contribution in [0.3, 0.4) is 0 Å². The van der Waals surface area contributed by atoms with E-state index in [4.69, 9.17) is 4.74 Å². The Morgan fingerprint density at radius 3 is 2.93 bits per heavy atom. The van der Waals surface area contributed by atoms with Crippen molar-refractivity contribution in [2.45, 2.75) is 45.7 Å². The van der Waals surface area contributed by atoms with Gasteiger partial charge < -0.3 is 14.7 Å². The summed E-state index contributed by atoms with van der Waals surface area (Å²) >= 11 is 0. The minimum Gasteiger partial charge on any atom is -0.494 e. The van der Waals surface area contributed by atoms with Gasteiger partial charge in [0.05, 0.1) is 6.61 Å². The largest absolute Gasteiger partial charge is 0.494 e. The van der Waals surface area contributed by atoms with Crippen molar-refractivity contribution in [2.24, 2.45) is 0 Å². The lowest BCUT2D eigenvalue weighted by Crippen LogP contribution is -2.37. The van der Waals surface area contributed by atoms with Gasteiger partial charge in [0.2, 0.25) is 0 Å². The monoisotopic (exact) mass is 397 g/mol. The minimum atomic E-state index is -0.927. The Bertz CT molecular complexity index is 811. The Morgan fingerprint density at radius 2 is 2.17 bits per heavy atom. The molecule has 0 aliphatic carbocycles. The topological polar surface area (TPSA) is 65.9 Å². The lowest BCUT2D eigenvalue weighted by Gasteiger charge is -2.28. The summed E-state index contributed by atoms with van der Waals surface area (Å²) in [4.78, 5) is 20.4. The van der Waals surface area contributed by atoms with Crippen molar-refractivity contribution >= 4 is 11.8 Å². The smallest absolute Gasteiger partial charge is 0.339 e. The third-order valence-electron chi connectivity index (χ3n) is 5.45. The fourth-order valence-electron chi connectivity index (χ4n) is 3.85. The molecule has 1 aliphatic rings. The molecule has 0 unspecified atom stereocenters. The lowest BCUT2D eigenvalue weighted by atomic mass is 10.1. The van der Waals surface area contributed by atoms with Crippen molar-refractivity contribution in [3.63, 3.8) is 0 Å². The van der Waals surface area contributed by atoms with E-state index in [0.717, 1.165) is 57.8 Å². The number of aromatic carboxylic acids is 1. The molecule has 0 saturated carbocycles. The summed E-state index contributed by atoms with van der Waals surface area (Å²) < 4.78 is 5.85. The normalized spacial score (nSPS) is 16.4. The molecular formula is C23H31N3O3. The number of carboxylic acid groups (broad SMARTS) is 1. The molecule has 1 N–H and O–H groups in total. The molecule has 6 nitrogen and oxygen atoms in total. The van der Waals surface area contributed by atoms with Crippen LogP contribution in [0.1, 0.15) is 49.0 Å². The van der Waals surface area contributed by atoms with Gasteiger partial charge in [-0.1, -0.05) is 32.4 Å². The molecule has 2 heterocycles. The summed E-state index contributed by atoms with van der Waals surface area (Å²) in [5.74, 6) is 0.577. The first-order valence-corrected chi connectivity index (χ1v) is 10.5. The molecule has 6 heteroatoms. The van der Waals surface area contributed by atoms with E-state index in [1.807, 2.05) is 6.07 Å². The third-order valence-corrected chi connectivity index (χ3v) is 5.45. The second kappa shape index (κ2) is 10.3. The number of hydrogen-bond acceptors (Lipinski definition) is 5. The van der Waals surface area contributed by atoms with E-state index in [2.05, 4.69) is 46.8 Å². The zero-order valence-electron chi connectivity index (χ0n) is 17.4. The highest BCUT2D eigenvalue weighted by molar-refractivity contribution is 5.93. The van der Waals surface area contributed by atoms with Crippen LogP contribution in [0.15, 0.2) is 42.6 Å². The van der Waals surface area contributed by atoms with E-state index in [9.17, 15) is 9.90 Å². The van der Waals surface area contributed by atoms with Gasteiger partial charge in [-0.05, 0) is 49.2 Å². The Morgan fingerprint density at radius 1 is 1.31 bits per heavy atom. The van der Waals surface area contributed by atoms with Gasteiger partial charge in [-0.25, -0.2) is 9.78 Å². The number of anilines is 1. The van der Waals surface area contributed by atoms with Gasteiger partial charge in [0.1, 0.15) is 17.1 Å². The van der Waals surface area contributed by atoms with Crippen molar-refractivity contribution in [3.05, 3.63) is 53.7 Å². The summed E-state index contributed by atoms with van der Waals surface area (Å²) in [6.07, 6.45) is 4.85. The lowest BCUT2D eigenvalue weighted by molar-refractivity contribution is 0.0697. The van der Waals surface area contributed by atoms with Crippen LogP contribution in [-0.2, 0) is 6.54 Å². The van der Waals surface area contributed by atoms with E-state index in [0.29, 0.717) is 11.9 Å². The van der Waals surface area contributed by atoms with Crippen LogP contribution in [0.2, 0.25) is 0 Å². The number of pyridine rings is 1. The number of benzene rings is 1. The fourth-order valence-corrected chi connectivity index (χ4v) is 3.85. The first-order chi connectivity index (χ1) is 14.1. The Hall–Kier alpha value is -2.60. The molecular weight excluding hydrogens is 366 g/mol. The van der Waals surface area contributed by atoms with Gasteiger partial charge >= 0.3 is 5.97 Å². The number of carbonyl (C=O) groups is 1. The molecule has 1 aliphatic heterocycles. The zero-order valence-corrected chi connectivity index (χ0v) is 17.4. The number of hydrogen-bond donors (Lipinski definition) is 1. The second-order valence-electron chi connectivity index (χ2n) is 7.48. The van der Waals surface area contributed by atoms with Crippen molar-refractivity contribution < 1.29 is 14.6 Å². The van der Waals surface area contributed by atoms with Crippen LogP contribution < -0.4 is 9.64 Å². The van der Waals surface area contributed by atoms with Gasteiger partial charge in [0, 0.05) is 31.9 Å². The SMILES string of the molecule is CCCCOc1cccc(CN(CC)[C@@H]2CCN(c3ncccc3C(=O)O)C2)c1. The molecule has 1 aromatic heterocycles. The number of nitrogens with zero attached hydrogens (tertiary/aromatic N) is 3. The van der Waals surface area contributed by atoms with Crippen LogP contribution in [-0.4, -0.2) is 53.2 Å². The number of carboxylic acids is 1. The maximum atomic E-state index is 11.5. The van der Waals surface area contributed by atoms with Gasteiger partial charge in [0.15, 0.2) is 0 Å². The van der Waals surface area contributed by atoms with Gasteiger partial charge in [-0.15, -0.1) is 0 Å². The van der Waals surface area contributed by atoms with Gasteiger partial charge in [-0.2, -0.15) is 0 Å². The highest BCUT2D eigenvalue weighted by atomic mass is 16.5. The average Bonchev–Trinajstić information content (AvgIpc) is 3.22. The van der Waals surface area contributed by atoms with E-state index in [1.165, 1.54) is 5.56 Å². The highest BCUT2D eigenvalue weighted by Gasteiger charge is 2.29. The molecule has 0 bridgehead atoms. The van der Waals surface area contributed by atoms with Crippen molar-refractivity contribution in [1.82, 2.24) is 9.88 Å². The summed E-state index contributed by atoms with van der Waals surface area (Å²) in [5, 5.41) is 9.46. The van der Waals surface area contributed by atoms with Crippen molar-refractivity contribution in [3.8, 4) is 5.75 Å². The quantitative estimate of drug-likeness (QED) is 0.610. The molecule has 0 amide bonds. The number of rotatable bonds is 10. The molecule has 29 heavy (non-hydrogen) atoms. The van der Waals surface area contributed by atoms with E-state index in [-0.39, 0.29) is 5.56 Å².